The van der Waals surface area contributed by atoms with Gasteiger partial charge >= 0.3 is 0 Å². The molecule has 21 heavy (non-hydrogen) atoms. The van der Waals surface area contributed by atoms with Crippen molar-refractivity contribution in [1.82, 2.24) is 4.98 Å². The summed E-state index contributed by atoms with van der Waals surface area (Å²) < 4.78 is 5.45. The van der Waals surface area contributed by atoms with E-state index >= 15 is 0 Å². The largest absolute Gasteiger partial charge is 0.494 e. The third kappa shape index (κ3) is 3.14. The fourth-order valence-electron chi connectivity index (χ4n) is 2.34. The average molecular weight is 278 g/mol. The topological polar surface area (TPSA) is 34.1 Å². The van der Waals surface area contributed by atoms with Gasteiger partial charge in [0.05, 0.1) is 6.61 Å². The zero-order chi connectivity index (χ0) is 14.5. The van der Waals surface area contributed by atoms with Crippen molar-refractivity contribution in [2.45, 2.75) is 13.5 Å². The number of fused-ring (bicyclic) bond motifs is 1. The number of pyridine rings is 1. The minimum atomic E-state index is 0.695. The molecule has 0 amide bonds. The van der Waals surface area contributed by atoms with Gasteiger partial charge in [-0.2, -0.15) is 0 Å². The summed E-state index contributed by atoms with van der Waals surface area (Å²) >= 11 is 0. The Morgan fingerprint density at radius 3 is 2.71 bits per heavy atom. The van der Waals surface area contributed by atoms with Crippen LogP contribution in [-0.4, -0.2) is 11.6 Å². The maximum atomic E-state index is 5.45. The van der Waals surface area contributed by atoms with Crippen molar-refractivity contribution in [1.29, 1.82) is 0 Å². The van der Waals surface area contributed by atoms with Gasteiger partial charge in [0.15, 0.2) is 0 Å². The highest BCUT2D eigenvalue weighted by molar-refractivity contribution is 5.93. The van der Waals surface area contributed by atoms with E-state index in [2.05, 4.69) is 40.6 Å². The second kappa shape index (κ2) is 6.27. The molecule has 0 radical (unpaired) electrons. The lowest BCUT2D eigenvalue weighted by atomic mass is 10.1. The molecular weight excluding hydrogens is 260 g/mol. The van der Waals surface area contributed by atoms with Crippen LogP contribution in [0.25, 0.3) is 10.8 Å². The van der Waals surface area contributed by atoms with Gasteiger partial charge in [-0.3, -0.25) is 4.98 Å². The minimum absolute atomic E-state index is 0.695. The number of ether oxygens (including phenoxy) is 1. The number of hydrogen-bond acceptors (Lipinski definition) is 3. The first-order chi connectivity index (χ1) is 10.4. The van der Waals surface area contributed by atoms with E-state index in [1.807, 2.05) is 37.5 Å². The Morgan fingerprint density at radius 1 is 1.05 bits per heavy atom. The molecule has 0 bridgehead atoms. The van der Waals surface area contributed by atoms with Crippen molar-refractivity contribution in [2.24, 2.45) is 0 Å². The van der Waals surface area contributed by atoms with Gasteiger partial charge in [0.1, 0.15) is 5.75 Å². The number of nitrogens with one attached hydrogen (secondary N) is 1. The molecule has 3 heteroatoms. The summed E-state index contributed by atoms with van der Waals surface area (Å²) in [5, 5.41) is 5.81. The molecule has 1 aromatic heterocycles. The average Bonchev–Trinajstić information content (AvgIpc) is 2.54. The van der Waals surface area contributed by atoms with Crippen molar-refractivity contribution in [3.8, 4) is 5.75 Å². The summed E-state index contributed by atoms with van der Waals surface area (Å²) in [4.78, 5) is 4.20. The second-order valence-electron chi connectivity index (χ2n) is 4.83. The highest BCUT2D eigenvalue weighted by atomic mass is 16.5. The van der Waals surface area contributed by atoms with Gasteiger partial charge in [0.2, 0.25) is 0 Å². The molecule has 2 aromatic carbocycles. The molecule has 3 aromatic rings. The minimum Gasteiger partial charge on any atom is -0.494 e. The van der Waals surface area contributed by atoms with E-state index in [4.69, 9.17) is 4.74 Å². The van der Waals surface area contributed by atoms with E-state index < -0.39 is 0 Å². The van der Waals surface area contributed by atoms with Crippen LogP contribution < -0.4 is 10.1 Å². The Morgan fingerprint density at radius 2 is 1.90 bits per heavy atom. The lowest BCUT2D eigenvalue weighted by molar-refractivity contribution is 0.340. The van der Waals surface area contributed by atoms with Gasteiger partial charge in [-0.25, -0.2) is 0 Å². The van der Waals surface area contributed by atoms with Crippen LogP contribution in [-0.2, 0) is 6.54 Å². The summed E-state index contributed by atoms with van der Waals surface area (Å²) in [7, 11) is 0. The lowest BCUT2D eigenvalue weighted by Gasteiger charge is -2.10. The van der Waals surface area contributed by atoms with Crippen LogP contribution >= 0.6 is 0 Å². The summed E-state index contributed by atoms with van der Waals surface area (Å²) in [5.74, 6) is 0.913. The first-order valence-electron chi connectivity index (χ1n) is 7.15. The number of nitrogens with zero attached hydrogens (tertiary/aromatic N) is 1. The van der Waals surface area contributed by atoms with E-state index in [0.29, 0.717) is 6.61 Å². The highest BCUT2D eigenvalue weighted by Crippen LogP contribution is 2.22. The van der Waals surface area contributed by atoms with E-state index in [1.165, 1.54) is 10.9 Å². The standard InChI is InChI=1S/C18H18N2O/c1-2-21-16-8-6-14(7-9-16)12-20-18-5-3-4-15-10-11-19-13-17(15)18/h3-11,13,20H,2,12H2,1H3. The molecule has 0 atom stereocenters. The van der Waals surface area contributed by atoms with Gasteiger partial charge < -0.3 is 10.1 Å². The third-order valence-corrected chi connectivity index (χ3v) is 3.40. The summed E-state index contributed by atoms with van der Waals surface area (Å²) in [5.41, 5.74) is 2.33. The first-order valence-corrected chi connectivity index (χ1v) is 7.15. The van der Waals surface area contributed by atoms with E-state index in [9.17, 15) is 0 Å². The molecule has 0 saturated carbocycles. The quantitative estimate of drug-likeness (QED) is 0.757. The molecule has 3 rings (SSSR count). The van der Waals surface area contributed by atoms with Crippen LogP contribution in [0.1, 0.15) is 12.5 Å². The fraction of sp³-hybridized carbons (Fsp3) is 0.167. The predicted octanol–water partition coefficient (Wildman–Crippen LogP) is 4.25. The van der Waals surface area contributed by atoms with Crippen molar-refractivity contribution >= 4 is 16.5 Å². The Hall–Kier alpha value is -2.55. The van der Waals surface area contributed by atoms with Gasteiger partial charge in [-0.05, 0) is 42.1 Å². The molecular formula is C18H18N2O. The molecule has 0 unspecified atom stereocenters. The van der Waals surface area contributed by atoms with Gasteiger partial charge in [0.25, 0.3) is 0 Å². The van der Waals surface area contributed by atoms with Crippen LogP contribution in [0.4, 0.5) is 5.69 Å². The van der Waals surface area contributed by atoms with Crippen molar-refractivity contribution in [3.63, 3.8) is 0 Å². The Labute approximate surface area is 124 Å². The van der Waals surface area contributed by atoms with Crippen LogP contribution in [0.2, 0.25) is 0 Å². The zero-order valence-electron chi connectivity index (χ0n) is 12.0. The summed E-state index contributed by atoms with van der Waals surface area (Å²) in [6, 6.07) is 16.4. The smallest absolute Gasteiger partial charge is 0.119 e. The molecule has 0 spiro atoms. The summed E-state index contributed by atoms with van der Waals surface area (Å²) in [6.07, 6.45) is 3.72. The molecule has 0 saturated heterocycles. The van der Waals surface area contributed by atoms with Crippen LogP contribution in [0, 0.1) is 0 Å². The van der Waals surface area contributed by atoms with Gasteiger partial charge in [-0.1, -0.05) is 24.3 Å². The molecule has 0 aliphatic heterocycles. The SMILES string of the molecule is CCOc1ccc(CNc2cccc3ccncc23)cc1. The molecule has 0 aliphatic carbocycles. The molecule has 1 N–H and O–H groups in total. The Kier molecular flexibility index (Phi) is 4.01. The van der Waals surface area contributed by atoms with E-state index in [-0.39, 0.29) is 0 Å². The number of anilines is 1. The normalized spacial score (nSPS) is 10.5. The zero-order valence-corrected chi connectivity index (χ0v) is 12.0. The number of aromatic nitrogens is 1. The van der Waals surface area contributed by atoms with Crippen molar-refractivity contribution in [2.75, 3.05) is 11.9 Å². The van der Waals surface area contributed by atoms with E-state index in [1.54, 1.807) is 0 Å². The molecule has 106 valence electrons. The number of benzene rings is 2. The van der Waals surface area contributed by atoms with Crippen molar-refractivity contribution in [3.05, 3.63) is 66.5 Å². The molecule has 3 nitrogen and oxygen atoms in total. The van der Waals surface area contributed by atoms with Crippen LogP contribution in [0.15, 0.2) is 60.9 Å². The summed E-state index contributed by atoms with van der Waals surface area (Å²) in [6.45, 7) is 3.46. The van der Waals surface area contributed by atoms with E-state index in [0.717, 1.165) is 23.4 Å². The maximum Gasteiger partial charge on any atom is 0.119 e. The van der Waals surface area contributed by atoms with Gasteiger partial charge in [-0.15, -0.1) is 0 Å². The molecule has 0 aliphatic rings. The number of rotatable bonds is 5. The number of hydrogen-bond donors (Lipinski definition) is 1. The molecule has 0 fully saturated rings. The van der Waals surface area contributed by atoms with Gasteiger partial charge in [0, 0.05) is 30.0 Å². The Balaban J connectivity index is 1.74. The maximum absolute atomic E-state index is 5.45. The Bertz CT molecular complexity index is 717. The van der Waals surface area contributed by atoms with Crippen molar-refractivity contribution < 1.29 is 4.74 Å². The fourth-order valence-corrected chi connectivity index (χ4v) is 2.34. The third-order valence-electron chi connectivity index (χ3n) is 3.40. The lowest BCUT2D eigenvalue weighted by Crippen LogP contribution is -2.00. The molecule has 1 heterocycles. The van der Waals surface area contributed by atoms with Crippen LogP contribution in [0.3, 0.4) is 0 Å². The predicted molar refractivity (Wildman–Crippen MR) is 86.7 cm³/mol. The monoisotopic (exact) mass is 278 g/mol. The first kappa shape index (κ1) is 13.4. The second-order valence-corrected chi connectivity index (χ2v) is 4.83. The highest BCUT2D eigenvalue weighted by Gasteiger charge is 2.01. The van der Waals surface area contributed by atoms with Crippen LogP contribution in [0.5, 0.6) is 5.75 Å².